The van der Waals surface area contributed by atoms with Crippen LogP contribution in [-0.2, 0) is 23.4 Å². The number of esters is 1. The highest BCUT2D eigenvalue weighted by Gasteiger charge is 2.39. The molecule has 1 heterocycles. The van der Waals surface area contributed by atoms with Crippen molar-refractivity contribution in [2.24, 2.45) is 5.92 Å². The Kier molecular flexibility index (Phi) is 9.94. The van der Waals surface area contributed by atoms with Gasteiger partial charge in [-0.05, 0) is 31.1 Å². The Bertz CT molecular complexity index is 751. The van der Waals surface area contributed by atoms with Crippen LogP contribution in [0.2, 0.25) is 18.1 Å². The van der Waals surface area contributed by atoms with Crippen molar-refractivity contribution in [3.63, 3.8) is 0 Å². The minimum Gasteiger partial charge on any atom is -0.500 e. The van der Waals surface area contributed by atoms with Crippen molar-refractivity contribution in [3.8, 4) is 0 Å². The summed E-state index contributed by atoms with van der Waals surface area (Å²) in [7, 11) is 2.62. The average molecular weight is 456 g/mol. The van der Waals surface area contributed by atoms with Crippen LogP contribution < -0.4 is 0 Å². The third-order valence-electron chi connectivity index (χ3n) is 5.53. The Hall–Kier alpha value is -1.48. The Morgan fingerprint density at radius 3 is 2.30 bits per heavy atom. The summed E-state index contributed by atoms with van der Waals surface area (Å²) in [6.45, 7) is 15.2. The molecule has 0 spiro atoms. The zero-order valence-corrected chi connectivity index (χ0v) is 21.8. The zero-order chi connectivity index (χ0) is 23.1. The second-order valence-corrected chi connectivity index (χ2v) is 14.4. The van der Waals surface area contributed by atoms with Gasteiger partial charge in [0.1, 0.15) is 10.8 Å². The monoisotopic (exact) mass is 455 g/mol. The lowest BCUT2D eigenvalue weighted by molar-refractivity contribution is -0.135. The molecule has 1 aromatic heterocycles. The minimum absolute atomic E-state index is 0.0433. The molecule has 3 atom stereocenters. The maximum atomic E-state index is 11.5. The van der Waals surface area contributed by atoms with Gasteiger partial charge in [0, 0.05) is 18.4 Å². The lowest BCUT2D eigenvalue weighted by Gasteiger charge is -2.38. The van der Waals surface area contributed by atoms with E-state index < -0.39 is 14.3 Å². The summed E-state index contributed by atoms with van der Waals surface area (Å²) in [5.74, 6) is -0.139. The first-order valence-electron chi connectivity index (χ1n) is 10.0. The molecule has 170 valence electrons. The van der Waals surface area contributed by atoms with E-state index in [4.69, 9.17) is 18.9 Å². The number of ether oxygens (including phenoxy) is 3. The maximum Gasteiger partial charge on any atom is 0.333 e. The Morgan fingerprint density at radius 1 is 1.17 bits per heavy atom. The number of carbonyl (C=O) groups excluding carboxylic acids is 1. The van der Waals surface area contributed by atoms with Gasteiger partial charge in [-0.15, -0.1) is 11.3 Å². The molecule has 0 aliphatic heterocycles. The molecular weight excluding hydrogens is 418 g/mol. The minimum atomic E-state index is -1.86. The summed E-state index contributed by atoms with van der Waals surface area (Å²) >= 11 is 1.60. The number of thiazole rings is 1. The molecule has 30 heavy (non-hydrogen) atoms. The van der Waals surface area contributed by atoms with Gasteiger partial charge < -0.3 is 18.6 Å². The Balaban J connectivity index is 2.91. The number of methoxy groups -OCH3 is 3. The molecule has 0 N–H and O–H groups in total. The summed E-state index contributed by atoms with van der Waals surface area (Å²) in [6.07, 6.45) is 4.86. The smallest absolute Gasteiger partial charge is 0.333 e. The molecule has 0 saturated heterocycles. The molecule has 8 heteroatoms. The molecule has 0 aliphatic carbocycles. The van der Waals surface area contributed by atoms with Crippen molar-refractivity contribution in [2.75, 3.05) is 21.3 Å². The van der Waals surface area contributed by atoms with Crippen molar-refractivity contribution >= 4 is 31.7 Å². The number of aromatic nitrogens is 1. The van der Waals surface area contributed by atoms with E-state index >= 15 is 0 Å². The topological polar surface area (TPSA) is 66.9 Å². The van der Waals surface area contributed by atoms with Gasteiger partial charge in [-0.1, -0.05) is 33.8 Å². The van der Waals surface area contributed by atoms with Crippen molar-refractivity contribution in [3.05, 3.63) is 34.0 Å². The third kappa shape index (κ3) is 7.33. The highest BCUT2D eigenvalue weighted by atomic mass is 32.1. The van der Waals surface area contributed by atoms with Crippen molar-refractivity contribution in [1.29, 1.82) is 0 Å². The van der Waals surface area contributed by atoms with Crippen LogP contribution in [0.4, 0.5) is 0 Å². The van der Waals surface area contributed by atoms with Crippen molar-refractivity contribution in [2.45, 2.75) is 65.0 Å². The van der Waals surface area contributed by atoms with E-state index in [2.05, 4.69) is 45.5 Å². The quantitative estimate of drug-likeness (QED) is 0.198. The first kappa shape index (κ1) is 26.6. The van der Waals surface area contributed by atoms with Crippen LogP contribution in [0.1, 0.15) is 51.4 Å². The van der Waals surface area contributed by atoms with Crippen LogP contribution in [-0.4, -0.2) is 46.7 Å². The van der Waals surface area contributed by atoms with E-state index in [1.807, 2.05) is 24.5 Å². The summed E-state index contributed by atoms with van der Waals surface area (Å²) in [6, 6.07) is 0. The van der Waals surface area contributed by atoms with Gasteiger partial charge in [0.25, 0.3) is 0 Å². The summed E-state index contributed by atoms with van der Waals surface area (Å²) < 4.78 is 22.1. The lowest BCUT2D eigenvalue weighted by Crippen LogP contribution is -2.41. The molecule has 1 aromatic rings. The second kappa shape index (κ2) is 11.2. The second-order valence-electron chi connectivity index (χ2n) is 8.75. The number of rotatable bonds is 10. The van der Waals surface area contributed by atoms with E-state index in [1.54, 1.807) is 18.4 Å². The molecule has 1 unspecified atom stereocenters. The Labute approximate surface area is 186 Å². The highest BCUT2D eigenvalue weighted by molar-refractivity contribution is 7.09. The van der Waals surface area contributed by atoms with E-state index in [9.17, 15) is 4.79 Å². The molecule has 0 amide bonds. The normalized spacial score (nSPS) is 16.4. The number of nitrogens with zero attached hydrogens (tertiary/aromatic N) is 1. The van der Waals surface area contributed by atoms with Gasteiger partial charge in [-0.2, -0.15) is 0 Å². The van der Waals surface area contributed by atoms with Crippen molar-refractivity contribution in [1.82, 2.24) is 4.98 Å². The van der Waals surface area contributed by atoms with E-state index in [-0.39, 0.29) is 23.2 Å². The van der Waals surface area contributed by atoms with Gasteiger partial charge in [-0.25, -0.2) is 9.78 Å². The van der Waals surface area contributed by atoms with Crippen LogP contribution in [0, 0.1) is 5.92 Å². The fraction of sp³-hybridized carbons (Fsp3) is 0.636. The molecular formula is C22H37NO5SSi. The van der Waals surface area contributed by atoms with Crippen LogP contribution in [0.15, 0.2) is 23.3 Å². The van der Waals surface area contributed by atoms with Crippen molar-refractivity contribution < 1.29 is 23.4 Å². The van der Waals surface area contributed by atoms with Gasteiger partial charge in [0.15, 0.2) is 8.32 Å². The molecule has 6 nitrogen and oxygen atoms in total. The fourth-order valence-corrected chi connectivity index (χ4v) is 4.79. The largest absolute Gasteiger partial charge is 0.500 e. The molecule has 0 bridgehead atoms. The van der Waals surface area contributed by atoms with Crippen LogP contribution in [0.3, 0.4) is 0 Å². The zero-order valence-electron chi connectivity index (χ0n) is 19.9. The standard InChI is InChI=1S/C22H37NO5SSi/c1-15(19(26-7)13-20(24)27-8)18(25-6)12-11-17-14-29-21(23-17)16(2)28-30(9,10)22(3,4)5/h11-16,18H,1-10H3/b12-11+,19-13+/t15-,16?,18+/m1/s1. The van der Waals surface area contributed by atoms with E-state index in [1.165, 1.54) is 20.3 Å². The Morgan fingerprint density at radius 2 is 1.80 bits per heavy atom. The predicted octanol–water partition coefficient (Wildman–Crippen LogP) is 5.59. The summed E-state index contributed by atoms with van der Waals surface area (Å²) in [5, 5.41) is 3.13. The number of hydrogen-bond donors (Lipinski definition) is 0. The molecule has 0 aliphatic rings. The predicted molar refractivity (Wildman–Crippen MR) is 125 cm³/mol. The number of carbonyl (C=O) groups is 1. The molecule has 0 radical (unpaired) electrons. The summed E-state index contributed by atoms with van der Waals surface area (Å²) in [4.78, 5) is 16.3. The lowest BCUT2D eigenvalue weighted by atomic mass is 10.0. The van der Waals surface area contributed by atoms with Crippen LogP contribution in [0.25, 0.3) is 6.08 Å². The highest BCUT2D eigenvalue weighted by Crippen LogP contribution is 2.40. The van der Waals surface area contributed by atoms with Gasteiger partial charge in [0.2, 0.25) is 0 Å². The van der Waals surface area contributed by atoms with Gasteiger partial charge in [0.05, 0.1) is 38.2 Å². The van der Waals surface area contributed by atoms with Crippen LogP contribution >= 0.6 is 11.3 Å². The number of hydrogen-bond acceptors (Lipinski definition) is 7. The molecule has 1 rings (SSSR count). The molecule has 0 saturated carbocycles. The first-order valence-corrected chi connectivity index (χ1v) is 13.8. The van der Waals surface area contributed by atoms with Gasteiger partial charge in [-0.3, -0.25) is 0 Å². The fourth-order valence-electron chi connectivity index (χ4n) is 2.59. The summed E-state index contributed by atoms with van der Waals surface area (Å²) in [5.41, 5.74) is 0.853. The first-order chi connectivity index (χ1) is 13.9. The maximum absolute atomic E-state index is 11.5. The van der Waals surface area contributed by atoms with E-state index in [0.29, 0.717) is 5.76 Å². The third-order valence-corrected chi connectivity index (χ3v) is 11.1. The molecule has 0 aromatic carbocycles. The SMILES string of the molecule is COC(=O)/C=C(/OC)[C@H](C)[C@H](/C=C/c1csc(C(C)O[Si](C)(C)C(C)(C)C)n1)OC. The average Bonchev–Trinajstić information content (AvgIpc) is 3.14. The van der Waals surface area contributed by atoms with E-state index in [0.717, 1.165) is 10.7 Å². The van der Waals surface area contributed by atoms with Crippen LogP contribution in [0.5, 0.6) is 0 Å². The van der Waals surface area contributed by atoms with Gasteiger partial charge >= 0.3 is 5.97 Å². The molecule has 0 fully saturated rings.